The molecule has 0 bridgehead atoms. The zero-order valence-corrected chi connectivity index (χ0v) is 12.0. The van der Waals surface area contributed by atoms with Crippen LogP contribution in [-0.2, 0) is 7.05 Å². The van der Waals surface area contributed by atoms with E-state index in [1.165, 1.54) is 0 Å². The number of benzene rings is 1. The number of aryl methyl sites for hydroxylation is 1. The molecule has 0 aliphatic rings. The lowest BCUT2D eigenvalue weighted by Gasteiger charge is -2.07. The Bertz CT molecular complexity index is 975. The lowest BCUT2D eigenvalue weighted by molar-refractivity contribution is 0.957. The summed E-state index contributed by atoms with van der Waals surface area (Å²) in [6.45, 7) is 0. The van der Waals surface area contributed by atoms with E-state index in [-0.39, 0.29) is 0 Å². The first kappa shape index (κ1) is 12.3. The van der Waals surface area contributed by atoms with Crippen LogP contribution in [0.5, 0.6) is 0 Å². The minimum atomic E-state index is 0.677. The van der Waals surface area contributed by atoms with E-state index < -0.39 is 0 Å². The maximum absolute atomic E-state index is 6.25. The van der Waals surface area contributed by atoms with Gasteiger partial charge in [0.05, 0.1) is 22.7 Å². The number of hydrogen-bond donors (Lipinski definition) is 0. The fraction of sp³-hybridized carbons (Fsp3) is 0.0625. The molecule has 102 valence electrons. The van der Waals surface area contributed by atoms with Gasteiger partial charge in [0.1, 0.15) is 5.82 Å². The first-order valence-corrected chi connectivity index (χ1v) is 6.93. The first-order valence-electron chi connectivity index (χ1n) is 6.55. The van der Waals surface area contributed by atoms with Crippen LogP contribution in [0.25, 0.3) is 33.3 Å². The third-order valence-electron chi connectivity index (χ3n) is 3.59. The van der Waals surface area contributed by atoms with Gasteiger partial charge in [-0.25, -0.2) is 4.98 Å². The molecule has 21 heavy (non-hydrogen) atoms. The molecule has 4 aromatic rings. The normalized spacial score (nSPS) is 11.3. The van der Waals surface area contributed by atoms with Gasteiger partial charge in [-0.3, -0.25) is 9.97 Å². The predicted octanol–water partition coefficient (Wildman–Crippen LogP) is 3.84. The third-order valence-corrected chi connectivity index (χ3v) is 3.81. The van der Waals surface area contributed by atoms with Crippen LogP contribution in [0, 0.1) is 0 Å². The molecule has 0 saturated heterocycles. The maximum atomic E-state index is 6.25. The number of aromatic nitrogens is 4. The van der Waals surface area contributed by atoms with Gasteiger partial charge in [0.2, 0.25) is 0 Å². The monoisotopic (exact) mass is 294 g/mol. The Balaban J connectivity index is 2.11. The highest BCUT2D eigenvalue weighted by Crippen LogP contribution is 2.31. The van der Waals surface area contributed by atoms with Crippen LogP contribution in [0.1, 0.15) is 0 Å². The fourth-order valence-electron chi connectivity index (χ4n) is 2.60. The van der Waals surface area contributed by atoms with Crippen molar-refractivity contribution in [1.29, 1.82) is 0 Å². The van der Waals surface area contributed by atoms with Gasteiger partial charge in [-0.15, -0.1) is 0 Å². The molecule has 3 aromatic heterocycles. The molecule has 0 spiro atoms. The highest BCUT2D eigenvalue weighted by molar-refractivity contribution is 6.31. The van der Waals surface area contributed by atoms with Crippen molar-refractivity contribution in [3.8, 4) is 11.4 Å². The van der Waals surface area contributed by atoms with Crippen LogP contribution in [-0.4, -0.2) is 19.5 Å². The Kier molecular flexibility index (Phi) is 2.65. The van der Waals surface area contributed by atoms with E-state index in [9.17, 15) is 0 Å². The second-order valence-corrected chi connectivity index (χ2v) is 5.32. The van der Waals surface area contributed by atoms with Crippen molar-refractivity contribution in [2.75, 3.05) is 0 Å². The molecule has 0 unspecified atom stereocenters. The van der Waals surface area contributed by atoms with Gasteiger partial charge >= 0.3 is 0 Å². The summed E-state index contributed by atoms with van der Waals surface area (Å²) in [5.74, 6) is 0.837. The summed E-state index contributed by atoms with van der Waals surface area (Å²) in [7, 11) is 1.97. The number of halogens is 1. The van der Waals surface area contributed by atoms with Gasteiger partial charge in [-0.1, -0.05) is 17.7 Å². The van der Waals surface area contributed by atoms with Crippen molar-refractivity contribution < 1.29 is 0 Å². The van der Waals surface area contributed by atoms with E-state index in [1.807, 2.05) is 48.1 Å². The highest BCUT2D eigenvalue weighted by atomic mass is 35.5. The summed E-state index contributed by atoms with van der Waals surface area (Å²) >= 11 is 6.25. The number of pyridine rings is 2. The molecule has 1 aromatic carbocycles. The molecular weight excluding hydrogens is 284 g/mol. The van der Waals surface area contributed by atoms with Gasteiger partial charge < -0.3 is 4.57 Å². The van der Waals surface area contributed by atoms with E-state index in [2.05, 4.69) is 9.97 Å². The van der Waals surface area contributed by atoms with Gasteiger partial charge in [0.25, 0.3) is 0 Å². The molecular formula is C16H11ClN4. The fourth-order valence-corrected chi connectivity index (χ4v) is 2.83. The molecule has 4 nitrogen and oxygen atoms in total. The Morgan fingerprint density at radius 2 is 2.05 bits per heavy atom. The van der Waals surface area contributed by atoms with Crippen LogP contribution in [0.15, 0.2) is 48.9 Å². The Labute approximate surface area is 126 Å². The van der Waals surface area contributed by atoms with Crippen molar-refractivity contribution in [2.45, 2.75) is 0 Å². The van der Waals surface area contributed by atoms with Crippen LogP contribution in [0.3, 0.4) is 0 Å². The van der Waals surface area contributed by atoms with Gasteiger partial charge in [0, 0.05) is 35.4 Å². The van der Waals surface area contributed by atoms with Crippen LogP contribution >= 0.6 is 11.6 Å². The zero-order chi connectivity index (χ0) is 14.4. The van der Waals surface area contributed by atoms with Gasteiger partial charge in [0.15, 0.2) is 0 Å². The molecule has 0 fully saturated rings. The molecule has 0 aliphatic carbocycles. The van der Waals surface area contributed by atoms with Crippen LogP contribution < -0.4 is 0 Å². The molecule has 3 heterocycles. The Morgan fingerprint density at radius 3 is 2.90 bits per heavy atom. The summed E-state index contributed by atoms with van der Waals surface area (Å²) in [5, 5.41) is 1.68. The number of nitrogens with zero attached hydrogens (tertiary/aromatic N) is 4. The van der Waals surface area contributed by atoms with E-state index in [1.54, 1.807) is 12.4 Å². The smallest absolute Gasteiger partial charge is 0.143 e. The van der Waals surface area contributed by atoms with Gasteiger partial charge in [-0.05, 0) is 24.3 Å². The summed E-state index contributed by atoms with van der Waals surface area (Å²) in [6.07, 6.45) is 5.34. The van der Waals surface area contributed by atoms with E-state index >= 15 is 0 Å². The quantitative estimate of drug-likeness (QED) is 0.536. The van der Waals surface area contributed by atoms with Crippen molar-refractivity contribution >= 4 is 33.5 Å². The number of rotatable bonds is 1. The second-order valence-electron chi connectivity index (χ2n) is 4.89. The second kappa shape index (κ2) is 4.53. The van der Waals surface area contributed by atoms with Crippen molar-refractivity contribution in [3.63, 3.8) is 0 Å². The average molecular weight is 295 g/mol. The van der Waals surface area contributed by atoms with Gasteiger partial charge in [-0.2, -0.15) is 0 Å². The van der Waals surface area contributed by atoms with Crippen molar-refractivity contribution in [3.05, 3.63) is 53.9 Å². The average Bonchev–Trinajstić information content (AvgIpc) is 2.84. The topological polar surface area (TPSA) is 43.6 Å². The Hall–Kier alpha value is -2.46. The van der Waals surface area contributed by atoms with E-state index in [0.29, 0.717) is 5.02 Å². The van der Waals surface area contributed by atoms with Crippen molar-refractivity contribution in [2.24, 2.45) is 7.05 Å². The molecule has 0 N–H and O–H groups in total. The largest absolute Gasteiger partial charge is 0.326 e. The predicted molar refractivity (Wildman–Crippen MR) is 84.3 cm³/mol. The molecule has 0 aliphatic heterocycles. The summed E-state index contributed by atoms with van der Waals surface area (Å²) in [4.78, 5) is 13.3. The minimum Gasteiger partial charge on any atom is -0.326 e. The molecule has 0 saturated carbocycles. The molecule has 5 heteroatoms. The molecule has 0 radical (unpaired) electrons. The maximum Gasteiger partial charge on any atom is 0.143 e. The molecule has 4 rings (SSSR count). The third kappa shape index (κ3) is 1.87. The van der Waals surface area contributed by atoms with Crippen LogP contribution in [0.2, 0.25) is 5.02 Å². The number of fused-ring (bicyclic) bond motifs is 2. The zero-order valence-electron chi connectivity index (χ0n) is 11.3. The van der Waals surface area contributed by atoms with Crippen molar-refractivity contribution in [1.82, 2.24) is 19.5 Å². The highest BCUT2D eigenvalue weighted by Gasteiger charge is 2.14. The summed E-state index contributed by atoms with van der Waals surface area (Å²) in [6, 6.07) is 9.63. The number of imidazole rings is 1. The summed E-state index contributed by atoms with van der Waals surface area (Å²) < 4.78 is 2.02. The Morgan fingerprint density at radius 1 is 1.14 bits per heavy atom. The lowest BCUT2D eigenvalue weighted by atomic mass is 10.1. The standard InChI is InChI=1S/C16H11ClN4/c1-21-14-9-18-6-4-13(14)20-16(21)12-8-11(17)7-10-3-2-5-19-15(10)12/h2-9H,1H3. The lowest BCUT2D eigenvalue weighted by Crippen LogP contribution is -1.94. The summed E-state index contributed by atoms with van der Waals surface area (Å²) in [5.41, 5.74) is 3.72. The minimum absolute atomic E-state index is 0.677. The van der Waals surface area contributed by atoms with E-state index in [4.69, 9.17) is 16.6 Å². The SMILES string of the molecule is Cn1c(-c2cc(Cl)cc3cccnc23)nc2ccncc21. The first-order chi connectivity index (χ1) is 10.2. The molecule has 0 atom stereocenters. The van der Waals surface area contributed by atoms with E-state index in [0.717, 1.165) is 33.3 Å². The number of hydrogen-bond acceptors (Lipinski definition) is 3. The molecule has 0 amide bonds. The van der Waals surface area contributed by atoms with Crippen LogP contribution in [0.4, 0.5) is 0 Å².